The van der Waals surface area contributed by atoms with Gasteiger partial charge in [0.25, 0.3) is 0 Å². The van der Waals surface area contributed by atoms with Gasteiger partial charge in [-0.25, -0.2) is 0 Å². The second kappa shape index (κ2) is 5.25. The summed E-state index contributed by atoms with van der Waals surface area (Å²) in [6.45, 7) is 3.76. The number of amides is 1. The van der Waals surface area contributed by atoms with Crippen molar-refractivity contribution < 1.29 is 18.0 Å². The highest BCUT2D eigenvalue weighted by molar-refractivity contribution is 5.82. The summed E-state index contributed by atoms with van der Waals surface area (Å²) in [6, 6.07) is 0. The molecule has 1 fully saturated rings. The third kappa shape index (κ3) is 4.18. The SMILES string of the molecule is CC(C)(C(=O)NCC(F)(F)F)C1CCCNC1. The van der Waals surface area contributed by atoms with Crippen molar-refractivity contribution in [2.75, 3.05) is 19.6 Å². The summed E-state index contributed by atoms with van der Waals surface area (Å²) in [5.41, 5.74) is -0.765. The Kier molecular flexibility index (Phi) is 4.41. The molecule has 100 valence electrons. The van der Waals surface area contributed by atoms with Crippen LogP contribution in [-0.2, 0) is 4.79 Å². The smallest absolute Gasteiger partial charge is 0.347 e. The Morgan fingerprint density at radius 3 is 2.53 bits per heavy atom. The van der Waals surface area contributed by atoms with E-state index < -0.39 is 24.0 Å². The highest BCUT2D eigenvalue weighted by Gasteiger charge is 2.38. The van der Waals surface area contributed by atoms with E-state index in [1.807, 2.05) is 5.32 Å². The number of rotatable bonds is 3. The van der Waals surface area contributed by atoms with Crippen molar-refractivity contribution in [3.05, 3.63) is 0 Å². The van der Waals surface area contributed by atoms with Crippen molar-refractivity contribution in [2.45, 2.75) is 32.9 Å². The van der Waals surface area contributed by atoms with Crippen LogP contribution in [0.3, 0.4) is 0 Å². The van der Waals surface area contributed by atoms with Crippen LogP contribution in [0.1, 0.15) is 26.7 Å². The molecule has 1 saturated heterocycles. The van der Waals surface area contributed by atoms with Gasteiger partial charge in [0, 0.05) is 5.41 Å². The Balaban J connectivity index is 2.53. The lowest BCUT2D eigenvalue weighted by Gasteiger charge is -2.36. The topological polar surface area (TPSA) is 41.1 Å². The van der Waals surface area contributed by atoms with E-state index in [1.165, 1.54) is 0 Å². The average molecular weight is 252 g/mol. The quantitative estimate of drug-likeness (QED) is 0.802. The first-order valence-corrected chi connectivity index (χ1v) is 5.79. The number of alkyl halides is 3. The Hall–Kier alpha value is -0.780. The Bertz CT molecular complexity index is 270. The van der Waals surface area contributed by atoms with Crippen LogP contribution in [0.15, 0.2) is 0 Å². The number of carbonyl (C=O) groups is 1. The molecule has 1 unspecified atom stereocenters. The van der Waals surface area contributed by atoms with Gasteiger partial charge in [-0.15, -0.1) is 0 Å². The van der Waals surface area contributed by atoms with Crippen LogP contribution in [0.5, 0.6) is 0 Å². The van der Waals surface area contributed by atoms with E-state index in [2.05, 4.69) is 5.32 Å². The van der Waals surface area contributed by atoms with E-state index in [4.69, 9.17) is 0 Å². The molecule has 1 aliphatic heterocycles. The third-order valence-corrected chi connectivity index (χ3v) is 3.35. The van der Waals surface area contributed by atoms with Crippen molar-refractivity contribution >= 4 is 5.91 Å². The van der Waals surface area contributed by atoms with Gasteiger partial charge in [0.05, 0.1) is 0 Å². The lowest BCUT2D eigenvalue weighted by Crippen LogP contribution is -2.49. The highest BCUT2D eigenvalue weighted by atomic mass is 19.4. The van der Waals surface area contributed by atoms with Crippen molar-refractivity contribution in [3.8, 4) is 0 Å². The zero-order chi connectivity index (χ0) is 13.1. The van der Waals surface area contributed by atoms with Crippen LogP contribution in [0.4, 0.5) is 13.2 Å². The molecule has 17 heavy (non-hydrogen) atoms. The van der Waals surface area contributed by atoms with Crippen LogP contribution in [0.25, 0.3) is 0 Å². The molecule has 1 amide bonds. The van der Waals surface area contributed by atoms with Gasteiger partial charge in [-0.1, -0.05) is 13.8 Å². The van der Waals surface area contributed by atoms with Crippen LogP contribution in [-0.4, -0.2) is 31.7 Å². The van der Waals surface area contributed by atoms with Crippen molar-refractivity contribution in [3.63, 3.8) is 0 Å². The zero-order valence-corrected chi connectivity index (χ0v) is 10.2. The van der Waals surface area contributed by atoms with Crippen LogP contribution >= 0.6 is 0 Å². The molecule has 1 aliphatic rings. The second-order valence-electron chi connectivity index (χ2n) is 5.06. The van der Waals surface area contributed by atoms with E-state index in [0.29, 0.717) is 6.54 Å². The fourth-order valence-corrected chi connectivity index (χ4v) is 2.06. The molecule has 2 N–H and O–H groups in total. The summed E-state index contributed by atoms with van der Waals surface area (Å²) in [7, 11) is 0. The van der Waals surface area contributed by atoms with E-state index in [-0.39, 0.29) is 5.92 Å². The Morgan fingerprint density at radius 2 is 2.06 bits per heavy atom. The average Bonchev–Trinajstić information content (AvgIpc) is 2.26. The summed E-state index contributed by atoms with van der Waals surface area (Å²) in [5.74, 6) is -0.437. The Morgan fingerprint density at radius 1 is 1.41 bits per heavy atom. The Labute approximate surface area is 99.1 Å². The zero-order valence-electron chi connectivity index (χ0n) is 10.2. The van der Waals surface area contributed by atoms with Crippen LogP contribution in [0, 0.1) is 11.3 Å². The summed E-state index contributed by atoms with van der Waals surface area (Å²) < 4.78 is 36.1. The fourth-order valence-electron chi connectivity index (χ4n) is 2.06. The normalized spacial score (nSPS) is 22.3. The molecule has 6 heteroatoms. The standard InChI is InChI=1S/C11H19F3N2O/c1-10(2,8-4-3-5-15-6-8)9(17)16-7-11(12,13)14/h8,15H,3-7H2,1-2H3,(H,16,17). The molecule has 1 atom stereocenters. The molecule has 0 aromatic carbocycles. The van der Waals surface area contributed by atoms with Crippen molar-refractivity contribution in [1.82, 2.24) is 10.6 Å². The molecule has 0 spiro atoms. The molecular weight excluding hydrogens is 233 g/mol. The predicted octanol–water partition coefficient (Wildman–Crippen LogP) is 1.69. The maximum Gasteiger partial charge on any atom is 0.405 e. The predicted molar refractivity (Wildman–Crippen MR) is 58.4 cm³/mol. The molecule has 0 bridgehead atoms. The first-order valence-electron chi connectivity index (χ1n) is 5.79. The molecule has 0 aliphatic carbocycles. The van der Waals surface area contributed by atoms with E-state index >= 15 is 0 Å². The van der Waals surface area contributed by atoms with Gasteiger partial charge in [0.15, 0.2) is 0 Å². The summed E-state index contributed by atoms with van der Waals surface area (Å²) >= 11 is 0. The minimum Gasteiger partial charge on any atom is -0.347 e. The van der Waals surface area contributed by atoms with E-state index in [1.54, 1.807) is 13.8 Å². The molecule has 0 aromatic heterocycles. The largest absolute Gasteiger partial charge is 0.405 e. The van der Waals surface area contributed by atoms with Gasteiger partial charge in [-0.2, -0.15) is 13.2 Å². The van der Waals surface area contributed by atoms with Gasteiger partial charge >= 0.3 is 6.18 Å². The third-order valence-electron chi connectivity index (χ3n) is 3.35. The van der Waals surface area contributed by atoms with E-state index in [9.17, 15) is 18.0 Å². The number of nitrogens with one attached hydrogen (secondary N) is 2. The molecular formula is C11H19F3N2O. The van der Waals surface area contributed by atoms with Gasteiger partial charge in [0.2, 0.25) is 5.91 Å². The van der Waals surface area contributed by atoms with Crippen molar-refractivity contribution in [1.29, 1.82) is 0 Å². The first kappa shape index (κ1) is 14.3. The van der Waals surface area contributed by atoms with E-state index in [0.717, 1.165) is 19.4 Å². The van der Waals surface area contributed by atoms with Gasteiger partial charge in [-0.05, 0) is 31.8 Å². The molecule has 1 heterocycles. The maximum atomic E-state index is 12.0. The molecule has 1 rings (SSSR count). The molecule has 0 radical (unpaired) electrons. The maximum absolute atomic E-state index is 12.0. The molecule has 0 saturated carbocycles. The van der Waals surface area contributed by atoms with Crippen LogP contribution < -0.4 is 10.6 Å². The summed E-state index contributed by atoms with van der Waals surface area (Å²) in [6.07, 6.45) is -2.52. The molecule has 0 aromatic rings. The molecule has 3 nitrogen and oxygen atoms in total. The number of carbonyl (C=O) groups excluding carboxylic acids is 1. The number of hydrogen-bond acceptors (Lipinski definition) is 2. The first-order chi connectivity index (χ1) is 7.73. The highest BCUT2D eigenvalue weighted by Crippen LogP contribution is 2.32. The van der Waals surface area contributed by atoms with Crippen molar-refractivity contribution in [2.24, 2.45) is 11.3 Å². The minimum atomic E-state index is -4.35. The minimum absolute atomic E-state index is 0.0875. The second-order valence-corrected chi connectivity index (χ2v) is 5.06. The van der Waals surface area contributed by atoms with Gasteiger partial charge in [0.1, 0.15) is 6.54 Å². The summed E-state index contributed by atoms with van der Waals surface area (Å²) in [4.78, 5) is 11.8. The monoisotopic (exact) mass is 252 g/mol. The van der Waals surface area contributed by atoms with Crippen LogP contribution in [0.2, 0.25) is 0 Å². The number of halogens is 3. The van der Waals surface area contributed by atoms with Gasteiger partial charge in [-0.3, -0.25) is 4.79 Å². The lowest BCUT2D eigenvalue weighted by molar-refractivity contribution is -0.145. The fraction of sp³-hybridized carbons (Fsp3) is 0.909. The lowest BCUT2D eigenvalue weighted by atomic mass is 9.74. The summed E-state index contributed by atoms with van der Waals surface area (Å²) in [5, 5.41) is 5.13. The van der Waals surface area contributed by atoms with Gasteiger partial charge < -0.3 is 10.6 Å². The number of piperidine rings is 1. The number of hydrogen-bond donors (Lipinski definition) is 2.